The van der Waals surface area contributed by atoms with E-state index in [1.165, 1.54) is 0 Å². The summed E-state index contributed by atoms with van der Waals surface area (Å²) in [5.41, 5.74) is -2.51. The number of thiocarbonyl (C=S) groups is 6. The number of carbonyl (C=O) groups excluding carboxylic acids is 4. The molecule has 0 aromatic heterocycles. The summed E-state index contributed by atoms with van der Waals surface area (Å²) in [5.74, 6) is -1.96. The molecule has 40 heavy (non-hydrogen) atoms. The Balaban J connectivity index is 0. The molecule has 0 spiro atoms. The minimum Gasteiger partial charge on any atom is -0.410 e. The van der Waals surface area contributed by atoms with Gasteiger partial charge in [0.25, 0.3) is 0 Å². The van der Waals surface area contributed by atoms with Gasteiger partial charge in [0.05, 0.1) is 0 Å². The van der Waals surface area contributed by atoms with Crippen molar-refractivity contribution >= 4 is 175 Å². The van der Waals surface area contributed by atoms with Crippen molar-refractivity contribution in [3.05, 3.63) is 0 Å². The van der Waals surface area contributed by atoms with Crippen molar-refractivity contribution in [2.24, 2.45) is 10.8 Å². The predicted octanol–water partition coefficient (Wildman–Crippen LogP) is 2.82. The third-order valence-electron chi connectivity index (χ3n) is 6.36. The van der Waals surface area contributed by atoms with E-state index < -0.39 is 34.5 Å². The van der Waals surface area contributed by atoms with E-state index in [0.717, 1.165) is 19.6 Å². The Kier molecular flexibility index (Phi) is 18.0. The van der Waals surface area contributed by atoms with E-state index in [9.17, 15) is 19.2 Å². The van der Waals surface area contributed by atoms with Crippen LogP contribution in [0.4, 0.5) is 0 Å². The molecule has 0 aromatic rings. The molecule has 0 bridgehead atoms. The average molecular weight is 819 g/mol. The fourth-order valence-electron chi connectivity index (χ4n) is 3.94. The maximum atomic E-state index is 12.5. The van der Waals surface area contributed by atoms with Crippen LogP contribution in [0, 0.1) is 10.8 Å². The third-order valence-corrected chi connectivity index (χ3v) is 8.55. The molecule has 0 saturated carbocycles. The van der Waals surface area contributed by atoms with Crippen molar-refractivity contribution in [1.82, 2.24) is 19.6 Å². The van der Waals surface area contributed by atoms with Crippen molar-refractivity contribution in [3.63, 3.8) is 0 Å². The van der Waals surface area contributed by atoms with Gasteiger partial charge in [0.15, 0.2) is 10.2 Å². The average Bonchev–Trinajstić information content (AvgIpc) is 2.80. The van der Waals surface area contributed by atoms with Crippen molar-refractivity contribution in [2.45, 2.75) is 53.4 Å². The van der Waals surface area contributed by atoms with Gasteiger partial charge in [-0.25, -0.2) is 0 Å². The molecular formula is C20H20Co2N4O4S10. The summed E-state index contributed by atoms with van der Waals surface area (Å²) >= 11 is 49.0. The molecule has 0 unspecified atom stereocenters. The van der Waals surface area contributed by atoms with Gasteiger partial charge in [-0.3, -0.25) is 38.8 Å². The van der Waals surface area contributed by atoms with E-state index in [0.29, 0.717) is 25.7 Å². The minimum atomic E-state index is -1.26. The number of carbonyl (C=O) groups is 4. The smallest absolute Gasteiger partial charge is 0.410 e. The summed E-state index contributed by atoms with van der Waals surface area (Å²) in [5, 5.41) is -0.292. The molecule has 20 heteroatoms. The van der Waals surface area contributed by atoms with Gasteiger partial charge < -0.3 is 99.4 Å². The zero-order chi connectivity index (χ0) is 29.9. The molecule has 2 aliphatic rings. The van der Waals surface area contributed by atoms with Crippen LogP contribution in [0.15, 0.2) is 0 Å². The van der Waals surface area contributed by atoms with E-state index in [4.69, 9.17) is 124 Å². The number of rotatable bonds is 4. The molecule has 0 aliphatic carbocycles. The molecule has 2 rings (SSSR count). The fraction of sp³-hybridized carbons (Fsp3) is 0.500. The Morgan fingerprint density at radius 2 is 0.675 bits per heavy atom. The molecule has 8 nitrogen and oxygen atoms in total. The van der Waals surface area contributed by atoms with E-state index >= 15 is 0 Å². The molecule has 222 valence electrons. The van der Waals surface area contributed by atoms with Crippen molar-refractivity contribution < 1.29 is 52.7 Å². The van der Waals surface area contributed by atoms with Crippen LogP contribution >= 0.6 is 73.3 Å². The van der Waals surface area contributed by atoms with E-state index in [1.807, 2.05) is 0 Å². The quantitative estimate of drug-likeness (QED) is 0.237. The summed E-state index contributed by atoms with van der Waals surface area (Å²) in [6.07, 6.45) is 1.19. The minimum absolute atomic E-state index is 0. The maximum Gasteiger partial charge on any atom is 2.00 e. The molecule has 2 fully saturated rings. The van der Waals surface area contributed by atoms with Crippen molar-refractivity contribution in [3.8, 4) is 0 Å². The summed E-state index contributed by atoms with van der Waals surface area (Å²) in [6.45, 7) is 6.96. The number of amides is 4. The molecule has 0 atom stereocenters. The second-order valence-corrected chi connectivity index (χ2v) is 12.6. The Labute approximate surface area is 308 Å². The van der Waals surface area contributed by atoms with Crippen molar-refractivity contribution in [1.29, 1.82) is 0 Å². The molecule has 2 aliphatic heterocycles. The Morgan fingerprint density at radius 1 is 0.525 bits per heavy atom. The number of hydrogen-bond donors (Lipinski definition) is 0. The topological polar surface area (TPSA) is 81.2 Å². The number of hydrogen-bond acceptors (Lipinski definition) is 14. The van der Waals surface area contributed by atoms with Gasteiger partial charge in [0.2, 0.25) is 23.6 Å². The van der Waals surface area contributed by atoms with Gasteiger partial charge in [0, 0.05) is 0 Å². The van der Waals surface area contributed by atoms with Crippen LogP contribution in [0.5, 0.6) is 0 Å². The Hall–Kier alpha value is 0.313. The van der Waals surface area contributed by atoms with Gasteiger partial charge in [0.1, 0.15) is 10.8 Å². The predicted molar refractivity (Wildman–Crippen MR) is 178 cm³/mol. The largest absolute Gasteiger partial charge is 2.00 e. The molecule has 0 N–H and O–H groups in total. The molecule has 0 aromatic carbocycles. The van der Waals surface area contributed by atoms with Gasteiger partial charge in [-0.2, -0.15) is 0 Å². The van der Waals surface area contributed by atoms with Crippen LogP contribution in [0.2, 0.25) is 0 Å². The Bertz CT molecular complexity index is 996. The second kappa shape index (κ2) is 17.0. The van der Waals surface area contributed by atoms with Crippen LogP contribution in [0.1, 0.15) is 53.4 Å². The van der Waals surface area contributed by atoms with E-state index in [1.54, 1.807) is 27.7 Å². The summed E-state index contributed by atoms with van der Waals surface area (Å²) < 4.78 is -0.537. The maximum absolute atomic E-state index is 12.5. The first-order valence-corrected chi connectivity index (χ1v) is 14.9. The summed E-state index contributed by atoms with van der Waals surface area (Å²) in [6, 6.07) is 0. The first kappa shape index (κ1) is 42.4. The molecule has 2 radical (unpaired) electrons. The zero-order valence-electron chi connectivity index (χ0n) is 21.0. The first-order valence-electron chi connectivity index (χ1n) is 10.8. The normalized spacial score (nSPS) is 17.8. The fourth-order valence-corrected chi connectivity index (χ4v) is 6.45. The summed E-state index contributed by atoms with van der Waals surface area (Å²) in [7, 11) is 0. The molecule has 2 heterocycles. The number of nitrogens with zero attached hydrogens (tertiary/aromatic N) is 4. The SMILES string of the molecule is CCC1(CC)C(=O)N(C(=S)[S-])C(=S)N(C(=S)[S-])C1=O.CCC1(CC)C(=O)N(C(=S)[S-])C(=S)N(C(=S)[S-])C1=O.[Co+2].[Co+2]. The van der Waals surface area contributed by atoms with Gasteiger partial charge in [-0.15, -0.1) is 0 Å². The van der Waals surface area contributed by atoms with E-state index in [-0.39, 0.29) is 61.1 Å². The standard InChI is InChI=1S/2C10H12N2O2S5.2Co/c2*1-3-10(4-2)5(13)11(8(16)17)7(15)12(6(10)14)9(18)19;;/h2*3-4H2,1-2H3,(H,16,17)(H,18,19);;/q;;2*+2/p-4. The van der Waals surface area contributed by atoms with Crippen LogP contribution in [-0.4, -0.2) is 70.7 Å². The van der Waals surface area contributed by atoms with Crippen LogP contribution in [0.3, 0.4) is 0 Å². The second-order valence-electron chi connectivity index (χ2n) is 7.77. The zero-order valence-corrected chi connectivity index (χ0v) is 31.2. The Morgan fingerprint density at radius 3 is 0.775 bits per heavy atom. The van der Waals surface area contributed by atoms with Gasteiger partial charge in [-0.1, -0.05) is 27.7 Å². The monoisotopic (exact) mass is 818 g/mol. The first-order chi connectivity index (χ1) is 17.5. The van der Waals surface area contributed by atoms with Gasteiger partial charge in [-0.05, 0) is 67.4 Å². The third kappa shape index (κ3) is 7.50. The van der Waals surface area contributed by atoms with Gasteiger partial charge >= 0.3 is 33.6 Å². The van der Waals surface area contributed by atoms with Crippen LogP contribution < -0.4 is 0 Å². The van der Waals surface area contributed by atoms with E-state index in [2.05, 4.69) is 0 Å². The molecule has 4 amide bonds. The van der Waals surface area contributed by atoms with Crippen LogP contribution in [-0.2, 0) is 103 Å². The summed E-state index contributed by atoms with van der Waals surface area (Å²) in [4.78, 5) is 54.0. The van der Waals surface area contributed by atoms with Crippen LogP contribution in [0.25, 0.3) is 0 Å². The van der Waals surface area contributed by atoms with Crippen molar-refractivity contribution in [2.75, 3.05) is 0 Å². The molecule has 2 saturated heterocycles. The molecular weight excluding hydrogens is 799 g/mol.